The minimum Gasteiger partial charge on any atom is -0.457 e. The lowest BCUT2D eigenvalue weighted by Gasteiger charge is -2.15. The van der Waals surface area contributed by atoms with Crippen LogP contribution in [0.25, 0.3) is 22.4 Å². The van der Waals surface area contributed by atoms with Crippen LogP contribution < -0.4 is 9.47 Å². The first-order chi connectivity index (χ1) is 15.7. The predicted molar refractivity (Wildman–Crippen MR) is 119 cm³/mol. The van der Waals surface area contributed by atoms with Gasteiger partial charge in [0.25, 0.3) is 6.01 Å². The highest BCUT2D eigenvalue weighted by Gasteiger charge is 2.43. The van der Waals surface area contributed by atoms with Crippen molar-refractivity contribution >= 4 is 22.8 Å². The lowest BCUT2D eigenvalue weighted by molar-refractivity contribution is 0.0273. The van der Waals surface area contributed by atoms with E-state index in [1.807, 2.05) is 60.7 Å². The Morgan fingerprint density at radius 2 is 1.78 bits per heavy atom. The third-order valence-corrected chi connectivity index (χ3v) is 5.98. The molecule has 0 amide bonds. The molecule has 0 saturated carbocycles. The number of para-hydroxylation sites is 1. The van der Waals surface area contributed by atoms with E-state index in [-0.39, 0.29) is 18.3 Å². The monoisotopic (exact) mass is 449 g/mol. The fourth-order valence-electron chi connectivity index (χ4n) is 4.13. The van der Waals surface area contributed by atoms with E-state index >= 15 is 0 Å². The van der Waals surface area contributed by atoms with Crippen LogP contribution >= 0.6 is 11.6 Å². The van der Waals surface area contributed by atoms with Gasteiger partial charge in [-0.3, -0.25) is 0 Å². The SMILES string of the molecule is Clc1cc2[nH]c(O[C@@H]3CO[C@@H]4CCO[C@@H]43)nc2nc1-c1ccc(Oc2ccccc2)cc1. The number of nitrogens with zero attached hydrogens (tertiary/aromatic N) is 2. The van der Waals surface area contributed by atoms with Gasteiger partial charge in [0.2, 0.25) is 0 Å². The molecule has 2 fully saturated rings. The number of aromatic nitrogens is 3. The largest absolute Gasteiger partial charge is 0.457 e. The number of pyridine rings is 1. The van der Waals surface area contributed by atoms with E-state index in [0.29, 0.717) is 41.1 Å². The minimum absolute atomic E-state index is 0.0491. The van der Waals surface area contributed by atoms with E-state index < -0.39 is 0 Å². The second-order valence-corrected chi connectivity index (χ2v) is 8.23. The number of aromatic amines is 1. The number of halogens is 1. The summed E-state index contributed by atoms with van der Waals surface area (Å²) in [6.07, 6.45) is 0.778. The van der Waals surface area contributed by atoms with Gasteiger partial charge in [0.05, 0.1) is 28.9 Å². The second kappa shape index (κ2) is 8.09. The highest BCUT2D eigenvalue weighted by atomic mass is 35.5. The van der Waals surface area contributed by atoms with Crippen molar-refractivity contribution < 1.29 is 18.9 Å². The molecule has 3 atom stereocenters. The first-order valence-electron chi connectivity index (χ1n) is 10.5. The van der Waals surface area contributed by atoms with E-state index in [4.69, 9.17) is 30.5 Å². The Morgan fingerprint density at radius 1 is 0.969 bits per heavy atom. The number of H-pyrrole nitrogens is 1. The molecule has 2 aromatic heterocycles. The molecule has 4 aromatic rings. The third kappa shape index (κ3) is 3.68. The summed E-state index contributed by atoms with van der Waals surface area (Å²) in [7, 11) is 0. The van der Waals surface area contributed by atoms with Gasteiger partial charge in [-0.15, -0.1) is 0 Å². The molecular weight excluding hydrogens is 430 g/mol. The van der Waals surface area contributed by atoms with E-state index in [1.165, 1.54) is 0 Å². The number of ether oxygens (including phenoxy) is 4. The molecule has 2 aliphatic rings. The third-order valence-electron chi connectivity index (χ3n) is 5.69. The zero-order valence-corrected chi connectivity index (χ0v) is 17.8. The summed E-state index contributed by atoms with van der Waals surface area (Å²) in [6, 6.07) is 19.5. The van der Waals surface area contributed by atoms with Gasteiger partial charge in [-0.2, -0.15) is 4.98 Å². The summed E-state index contributed by atoms with van der Waals surface area (Å²) < 4.78 is 23.4. The van der Waals surface area contributed by atoms with Gasteiger partial charge >= 0.3 is 0 Å². The van der Waals surface area contributed by atoms with Crippen molar-refractivity contribution in [3.8, 4) is 28.8 Å². The van der Waals surface area contributed by atoms with Crippen LogP contribution in [0.4, 0.5) is 0 Å². The molecule has 2 aliphatic heterocycles. The molecule has 162 valence electrons. The van der Waals surface area contributed by atoms with Gasteiger partial charge in [-0.25, -0.2) is 4.98 Å². The predicted octanol–water partition coefficient (Wildman–Crippen LogP) is 5.01. The Hall–Kier alpha value is -3.13. The van der Waals surface area contributed by atoms with Crippen LogP contribution in [0.2, 0.25) is 5.02 Å². The van der Waals surface area contributed by atoms with Crippen LogP contribution in [0.3, 0.4) is 0 Å². The molecule has 6 rings (SSSR count). The van der Waals surface area contributed by atoms with Crippen molar-refractivity contribution in [3.63, 3.8) is 0 Å². The van der Waals surface area contributed by atoms with Crippen molar-refractivity contribution in [2.24, 2.45) is 0 Å². The van der Waals surface area contributed by atoms with Crippen LogP contribution in [0.15, 0.2) is 60.7 Å². The number of nitrogens with one attached hydrogen (secondary N) is 1. The van der Waals surface area contributed by atoms with Crippen molar-refractivity contribution in [2.45, 2.75) is 24.7 Å². The molecule has 32 heavy (non-hydrogen) atoms. The molecular formula is C24H20ClN3O4. The fraction of sp³-hybridized carbons (Fsp3) is 0.250. The Balaban J connectivity index is 1.23. The van der Waals surface area contributed by atoms with E-state index in [2.05, 4.69) is 15.0 Å². The average molecular weight is 450 g/mol. The Kier molecular flexibility index (Phi) is 4.94. The summed E-state index contributed by atoms with van der Waals surface area (Å²) in [6.45, 7) is 1.19. The van der Waals surface area contributed by atoms with Gasteiger partial charge in [-0.05, 0) is 48.9 Å². The van der Waals surface area contributed by atoms with Crippen LogP contribution in [0.1, 0.15) is 6.42 Å². The average Bonchev–Trinajstić information content (AvgIpc) is 3.52. The maximum absolute atomic E-state index is 6.54. The first-order valence-corrected chi connectivity index (χ1v) is 10.9. The van der Waals surface area contributed by atoms with Crippen LogP contribution in [-0.4, -0.2) is 46.5 Å². The van der Waals surface area contributed by atoms with Crippen molar-refractivity contribution in [1.29, 1.82) is 0 Å². The topological polar surface area (TPSA) is 78.5 Å². The summed E-state index contributed by atoms with van der Waals surface area (Å²) >= 11 is 6.54. The van der Waals surface area contributed by atoms with Crippen LogP contribution in [0, 0.1) is 0 Å². The lowest BCUT2D eigenvalue weighted by Crippen LogP contribution is -2.32. The first kappa shape index (κ1) is 19.5. The van der Waals surface area contributed by atoms with Crippen molar-refractivity contribution in [2.75, 3.05) is 13.2 Å². The molecule has 0 unspecified atom stereocenters. The van der Waals surface area contributed by atoms with Crippen molar-refractivity contribution in [1.82, 2.24) is 15.0 Å². The van der Waals surface area contributed by atoms with Gasteiger partial charge in [0.1, 0.15) is 17.6 Å². The molecule has 0 radical (unpaired) electrons. The van der Waals surface area contributed by atoms with Gasteiger partial charge in [-0.1, -0.05) is 29.8 Å². The number of rotatable bonds is 5. The molecule has 0 bridgehead atoms. The highest BCUT2D eigenvalue weighted by Crippen LogP contribution is 2.33. The van der Waals surface area contributed by atoms with Gasteiger partial charge in [0.15, 0.2) is 11.8 Å². The Labute approximate surface area is 189 Å². The summed E-state index contributed by atoms with van der Waals surface area (Å²) in [5.74, 6) is 1.52. The standard InChI is InChI=1S/C24H20ClN3O4/c25-17-12-18-23(28-24(26-18)32-20-13-30-19-10-11-29-22(19)20)27-21(17)14-6-8-16(9-7-14)31-15-4-2-1-3-5-15/h1-9,12,19-20,22H,10-11,13H2,(H,26,27,28)/t19-,20-,22+/m1/s1. The molecule has 1 N–H and O–H groups in total. The van der Waals surface area contributed by atoms with E-state index in [9.17, 15) is 0 Å². The number of fused-ring (bicyclic) bond motifs is 2. The minimum atomic E-state index is -0.185. The maximum atomic E-state index is 6.54. The number of imidazole rings is 1. The van der Waals surface area contributed by atoms with Crippen molar-refractivity contribution in [3.05, 3.63) is 65.7 Å². The molecule has 0 spiro atoms. The molecule has 2 aromatic carbocycles. The van der Waals surface area contributed by atoms with E-state index in [0.717, 1.165) is 23.5 Å². The van der Waals surface area contributed by atoms with Gasteiger partial charge in [0, 0.05) is 12.2 Å². The molecule has 7 nitrogen and oxygen atoms in total. The molecule has 4 heterocycles. The molecule has 2 saturated heterocycles. The van der Waals surface area contributed by atoms with E-state index in [1.54, 1.807) is 0 Å². The Morgan fingerprint density at radius 3 is 2.62 bits per heavy atom. The number of hydrogen-bond acceptors (Lipinski definition) is 6. The van der Waals surface area contributed by atoms with Gasteiger partial charge < -0.3 is 23.9 Å². The number of hydrogen-bond donors (Lipinski definition) is 1. The quantitative estimate of drug-likeness (QED) is 0.461. The number of benzene rings is 2. The fourth-order valence-corrected chi connectivity index (χ4v) is 4.39. The van der Waals surface area contributed by atoms with Crippen LogP contribution in [0.5, 0.6) is 17.5 Å². The summed E-state index contributed by atoms with van der Waals surface area (Å²) in [5.41, 5.74) is 2.76. The molecule has 0 aliphatic carbocycles. The zero-order chi connectivity index (χ0) is 21.5. The van der Waals surface area contributed by atoms with Crippen LogP contribution in [-0.2, 0) is 9.47 Å². The lowest BCUT2D eigenvalue weighted by atomic mass is 10.1. The summed E-state index contributed by atoms with van der Waals surface area (Å²) in [5, 5.41) is 0.521. The zero-order valence-electron chi connectivity index (χ0n) is 17.0. The molecule has 8 heteroatoms. The second-order valence-electron chi connectivity index (χ2n) is 7.82. The summed E-state index contributed by atoms with van der Waals surface area (Å²) in [4.78, 5) is 12.3. The normalized spacial score (nSPS) is 22.2. The smallest absolute Gasteiger partial charge is 0.296 e. The Bertz CT molecular complexity index is 1250. The maximum Gasteiger partial charge on any atom is 0.296 e. The highest BCUT2D eigenvalue weighted by molar-refractivity contribution is 6.33.